The van der Waals surface area contributed by atoms with Crippen molar-refractivity contribution in [2.45, 2.75) is 59.1 Å². The largest absolute Gasteiger partial charge is 0.489 e. The van der Waals surface area contributed by atoms with Crippen LogP contribution in [0.2, 0.25) is 0 Å². The molecule has 0 atom stereocenters. The minimum absolute atomic E-state index is 0.0864. The number of benzene rings is 3. The fourth-order valence-corrected chi connectivity index (χ4v) is 5.46. The maximum Gasteiger partial charge on any atom is 0.416 e. The summed E-state index contributed by atoms with van der Waals surface area (Å²) in [6, 6.07) is 23.0. The number of nitrogens with zero attached hydrogens (tertiary/aromatic N) is 3. The summed E-state index contributed by atoms with van der Waals surface area (Å²) in [5, 5.41) is 2.51. The van der Waals surface area contributed by atoms with Crippen molar-refractivity contribution in [3.8, 4) is 5.75 Å². The van der Waals surface area contributed by atoms with Crippen molar-refractivity contribution in [2.24, 2.45) is 0 Å². The van der Waals surface area contributed by atoms with Crippen molar-refractivity contribution in [1.82, 2.24) is 14.8 Å². The van der Waals surface area contributed by atoms with Gasteiger partial charge in [0.1, 0.15) is 23.1 Å². The Kier molecular flexibility index (Phi) is 11.1. The van der Waals surface area contributed by atoms with E-state index in [0.29, 0.717) is 44.0 Å². The Bertz CT molecular complexity index is 1400. The van der Waals surface area contributed by atoms with Crippen LogP contribution in [0.1, 0.15) is 64.4 Å². The quantitative estimate of drug-likeness (QED) is 0.147. The Balaban J connectivity index is 1.50. The standard InChI is InChI=1S/C33H36F3N3O2S/c1-3-17-39(18-4-2)32(40)30-24-42-31(37-30)22-38(21-27-11-8-12-28(19-27)33(34,35)36)20-25-13-15-29(16-14-25)41-23-26-9-6-5-7-10-26/h5-16,19,24H,3-4,17-18,20-23H2,1-2H3. The molecule has 5 nitrogen and oxygen atoms in total. The van der Waals surface area contributed by atoms with Crippen LogP contribution in [0, 0.1) is 0 Å². The third-order valence-electron chi connectivity index (χ3n) is 6.64. The Hall–Kier alpha value is -3.69. The first-order valence-electron chi connectivity index (χ1n) is 14.1. The van der Waals surface area contributed by atoms with Gasteiger partial charge in [0.15, 0.2) is 0 Å². The third kappa shape index (κ3) is 9.16. The molecule has 0 radical (unpaired) electrons. The number of rotatable bonds is 14. The second-order valence-corrected chi connectivity index (χ2v) is 11.1. The molecule has 0 saturated carbocycles. The van der Waals surface area contributed by atoms with Gasteiger partial charge in [0.05, 0.1) is 12.1 Å². The number of thiazole rings is 1. The second-order valence-electron chi connectivity index (χ2n) is 10.2. The number of aromatic nitrogens is 1. The Labute approximate surface area is 249 Å². The molecule has 0 aliphatic rings. The van der Waals surface area contributed by atoms with Gasteiger partial charge in [0.25, 0.3) is 5.91 Å². The number of hydrogen-bond donors (Lipinski definition) is 0. The van der Waals surface area contributed by atoms with Gasteiger partial charge >= 0.3 is 6.18 Å². The van der Waals surface area contributed by atoms with Crippen molar-refractivity contribution in [3.63, 3.8) is 0 Å². The number of amides is 1. The van der Waals surface area contributed by atoms with E-state index in [1.54, 1.807) is 11.4 Å². The van der Waals surface area contributed by atoms with E-state index in [9.17, 15) is 18.0 Å². The van der Waals surface area contributed by atoms with Crippen molar-refractivity contribution in [1.29, 1.82) is 0 Å². The van der Waals surface area contributed by atoms with Crippen LogP contribution in [0.3, 0.4) is 0 Å². The summed E-state index contributed by atoms with van der Waals surface area (Å²) in [6.07, 6.45) is -2.68. The van der Waals surface area contributed by atoms with Crippen LogP contribution in [0.5, 0.6) is 5.75 Å². The number of alkyl halides is 3. The van der Waals surface area contributed by atoms with Gasteiger partial charge in [-0.25, -0.2) is 4.98 Å². The Morgan fingerprint density at radius 1 is 0.833 bits per heavy atom. The maximum absolute atomic E-state index is 13.4. The molecule has 4 aromatic rings. The van der Waals surface area contributed by atoms with E-state index >= 15 is 0 Å². The van der Waals surface area contributed by atoms with Crippen LogP contribution >= 0.6 is 11.3 Å². The molecule has 0 fully saturated rings. The molecule has 1 aromatic heterocycles. The summed E-state index contributed by atoms with van der Waals surface area (Å²) >= 11 is 1.39. The molecular formula is C33H36F3N3O2S. The maximum atomic E-state index is 13.4. The molecule has 42 heavy (non-hydrogen) atoms. The number of carbonyl (C=O) groups excluding carboxylic acids is 1. The zero-order chi connectivity index (χ0) is 30.0. The number of carbonyl (C=O) groups is 1. The van der Waals surface area contributed by atoms with Crippen LogP contribution in [0.15, 0.2) is 84.2 Å². The minimum Gasteiger partial charge on any atom is -0.489 e. The second kappa shape index (κ2) is 15.0. The van der Waals surface area contributed by atoms with Crippen molar-refractivity contribution in [3.05, 3.63) is 117 Å². The molecule has 4 rings (SSSR count). The molecule has 1 heterocycles. The van der Waals surface area contributed by atoms with Gasteiger partial charge in [-0.15, -0.1) is 11.3 Å². The van der Waals surface area contributed by atoms with Crippen LogP contribution in [-0.4, -0.2) is 33.8 Å². The van der Waals surface area contributed by atoms with Crippen LogP contribution in [0.4, 0.5) is 13.2 Å². The highest BCUT2D eigenvalue weighted by molar-refractivity contribution is 7.09. The highest BCUT2D eigenvalue weighted by atomic mass is 32.1. The molecule has 9 heteroatoms. The molecule has 0 aliphatic heterocycles. The zero-order valence-corrected chi connectivity index (χ0v) is 24.8. The topological polar surface area (TPSA) is 45.7 Å². The molecule has 0 unspecified atom stereocenters. The minimum atomic E-state index is -4.41. The molecule has 222 valence electrons. The smallest absolute Gasteiger partial charge is 0.416 e. The lowest BCUT2D eigenvalue weighted by atomic mass is 10.1. The lowest BCUT2D eigenvalue weighted by Crippen LogP contribution is -2.32. The number of halogens is 3. The van der Waals surface area contributed by atoms with E-state index in [1.807, 2.05) is 78.2 Å². The Morgan fingerprint density at radius 2 is 1.50 bits per heavy atom. The van der Waals surface area contributed by atoms with Crippen molar-refractivity contribution in [2.75, 3.05) is 13.1 Å². The molecular weight excluding hydrogens is 559 g/mol. The zero-order valence-electron chi connectivity index (χ0n) is 23.9. The fourth-order valence-electron chi connectivity index (χ4n) is 4.65. The van der Waals surface area contributed by atoms with Gasteiger partial charge in [0.2, 0.25) is 0 Å². The van der Waals surface area contributed by atoms with E-state index in [0.717, 1.165) is 40.8 Å². The first-order valence-corrected chi connectivity index (χ1v) is 15.0. The molecule has 0 N–H and O–H groups in total. The number of ether oxygens (including phenoxy) is 1. The van der Waals surface area contributed by atoms with Crippen LogP contribution in [-0.2, 0) is 32.4 Å². The van der Waals surface area contributed by atoms with Gasteiger partial charge in [-0.3, -0.25) is 9.69 Å². The summed E-state index contributed by atoms with van der Waals surface area (Å²) in [6.45, 7) is 7.04. The normalized spacial score (nSPS) is 11.6. The third-order valence-corrected chi connectivity index (χ3v) is 7.48. The molecule has 0 aliphatic carbocycles. The van der Waals surface area contributed by atoms with Gasteiger partial charge in [0, 0.05) is 31.6 Å². The molecule has 0 bridgehead atoms. The van der Waals surface area contributed by atoms with Gasteiger partial charge < -0.3 is 9.64 Å². The van der Waals surface area contributed by atoms with E-state index in [4.69, 9.17) is 4.74 Å². The highest BCUT2D eigenvalue weighted by Crippen LogP contribution is 2.30. The van der Waals surface area contributed by atoms with E-state index in [1.165, 1.54) is 23.5 Å². The monoisotopic (exact) mass is 595 g/mol. The fraction of sp³-hybridized carbons (Fsp3) is 0.333. The number of hydrogen-bond acceptors (Lipinski definition) is 5. The lowest BCUT2D eigenvalue weighted by Gasteiger charge is -2.22. The van der Waals surface area contributed by atoms with E-state index in [2.05, 4.69) is 4.98 Å². The van der Waals surface area contributed by atoms with Gasteiger partial charge in [-0.1, -0.05) is 74.5 Å². The molecule has 0 saturated heterocycles. The molecule has 1 amide bonds. The van der Waals surface area contributed by atoms with Gasteiger partial charge in [-0.2, -0.15) is 13.2 Å². The predicted octanol–water partition coefficient (Wildman–Crippen LogP) is 8.21. The first kappa shape index (κ1) is 31.3. The van der Waals surface area contributed by atoms with Crippen LogP contribution in [0.25, 0.3) is 0 Å². The lowest BCUT2D eigenvalue weighted by molar-refractivity contribution is -0.137. The van der Waals surface area contributed by atoms with E-state index in [-0.39, 0.29) is 12.5 Å². The average molecular weight is 596 g/mol. The van der Waals surface area contributed by atoms with Crippen molar-refractivity contribution >= 4 is 17.2 Å². The average Bonchev–Trinajstić information content (AvgIpc) is 3.45. The molecule has 3 aromatic carbocycles. The summed E-state index contributed by atoms with van der Waals surface area (Å²) in [4.78, 5) is 21.5. The van der Waals surface area contributed by atoms with Gasteiger partial charge in [-0.05, 0) is 47.7 Å². The molecule has 0 spiro atoms. The summed E-state index contributed by atoms with van der Waals surface area (Å²) in [5.41, 5.74) is 2.35. The Morgan fingerprint density at radius 3 is 2.17 bits per heavy atom. The highest BCUT2D eigenvalue weighted by Gasteiger charge is 2.30. The van der Waals surface area contributed by atoms with Crippen LogP contribution < -0.4 is 4.74 Å². The first-order chi connectivity index (χ1) is 20.2. The summed E-state index contributed by atoms with van der Waals surface area (Å²) in [7, 11) is 0. The SMILES string of the molecule is CCCN(CCC)C(=O)c1csc(CN(Cc2ccc(OCc3ccccc3)cc2)Cc2cccc(C(F)(F)F)c2)n1. The van der Waals surface area contributed by atoms with Crippen molar-refractivity contribution < 1.29 is 22.7 Å². The summed E-state index contributed by atoms with van der Waals surface area (Å²) < 4.78 is 46.1. The predicted molar refractivity (Wildman–Crippen MR) is 160 cm³/mol. The summed E-state index contributed by atoms with van der Waals surface area (Å²) in [5.74, 6) is 0.649. The van der Waals surface area contributed by atoms with E-state index < -0.39 is 11.7 Å².